The van der Waals surface area contributed by atoms with Crippen molar-refractivity contribution < 1.29 is 38.0 Å². The molecule has 2 unspecified atom stereocenters. The first-order valence-electron chi connectivity index (χ1n) is 18.1. The number of unbranched alkanes of at least 4 members (excludes halogenated alkanes) is 4. The standard InChI is InChI=1S/C42H58O8/c1-9-11-13-15-39(43)49-33(25-45-23-29(3)4)27-47-41-35-19-17-32(8)22-38(35)42(36-20-18-31(7)21-37(36)41)48-28-34(26-46-24-30(5)6)50-40(44)16-14-12-10-2/h17-22,33-34H,3,5,9-16,23-28H2,1-2,4,6-8H3. The molecular formula is C42H58O8. The number of ether oxygens (including phenoxy) is 6. The molecule has 0 spiro atoms. The van der Waals surface area contributed by atoms with Crippen molar-refractivity contribution in [3.8, 4) is 11.5 Å². The zero-order valence-corrected chi connectivity index (χ0v) is 31.2. The zero-order valence-electron chi connectivity index (χ0n) is 31.2. The van der Waals surface area contributed by atoms with Gasteiger partial charge >= 0.3 is 11.9 Å². The van der Waals surface area contributed by atoms with E-state index < -0.39 is 12.2 Å². The van der Waals surface area contributed by atoms with Crippen LogP contribution in [0.25, 0.3) is 21.5 Å². The van der Waals surface area contributed by atoms with E-state index in [1.54, 1.807) is 0 Å². The van der Waals surface area contributed by atoms with E-state index in [2.05, 4.69) is 39.1 Å². The summed E-state index contributed by atoms with van der Waals surface area (Å²) >= 11 is 0. The summed E-state index contributed by atoms with van der Waals surface area (Å²) in [5.41, 5.74) is 3.87. The predicted octanol–water partition coefficient (Wildman–Crippen LogP) is 9.54. The van der Waals surface area contributed by atoms with E-state index in [1.165, 1.54) is 0 Å². The van der Waals surface area contributed by atoms with Gasteiger partial charge in [-0.25, -0.2) is 0 Å². The molecule has 2 atom stereocenters. The Morgan fingerprint density at radius 3 is 1.36 bits per heavy atom. The zero-order chi connectivity index (χ0) is 36.5. The molecule has 0 aromatic heterocycles. The Kier molecular flexibility index (Phi) is 17.3. The van der Waals surface area contributed by atoms with Gasteiger partial charge in [0.1, 0.15) is 24.7 Å². The minimum absolute atomic E-state index is 0.109. The normalized spacial score (nSPS) is 12.4. The topological polar surface area (TPSA) is 89.5 Å². The van der Waals surface area contributed by atoms with E-state index in [9.17, 15) is 9.59 Å². The van der Waals surface area contributed by atoms with E-state index in [0.717, 1.165) is 82.3 Å². The second-order valence-electron chi connectivity index (χ2n) is 13.5. The van der Waals surface area contributed by atoms with Gasteiger partial charge in [0.2, 0.25) is 0 Å². The fraction of sp³-hybridized carbons (Fsp3) is 0.524. The van der Waals surface area contributed by atoms with Crippen LogP contribution in [0.5, 0.6) is 11.5 Å². The van der Waals surface area contributed by atoms with Gasteiger partial charge in [-0.15, -0.1) is 0 Å². The first-order chi connectivity index (χ1) is 24.0. The maximum Gasteiger partial charge on any atom is 0.306 e. The van der Waals surface area contributed by atoms with Crippen molar-refractivity contribution in [1.82, 2.24) is 0 Å². The molecule has 0 aliphatic rings. The van der Waals surface area contributed by atoms with Crippen molar-refractivity contribution in [3.63, 3.8) is 0 Å². The van der Waals surface area contributed by atoms with Crippen molar-refractivity contribution in [1.29, 1.82) is 0 Å². The Morgan fingerprint density at radius 2 is 1.00 bits per heavy atom. The number of benzene rings is 3. The highest BCUT2D eigenvalue weighted by Gasteiger charge is 2.23. The summed E-state index contributed by atoms with van der Waals surface area (Å²) in [5, 5.41) is 3.43. The molecule has 0 aliphatic heterocycles. The van der Waals surface area contributed by atoms with Crippen molar-refractivity contribution in [2.75, 3.05) is 39.6 Å². The predicted molar refractivity (Wildman–Crippen MR) is 201 cm³/mol. The Morgan fingerprint density at radius 1 is 0.600 bits per heavy atom. The number of carbonyl (C=O) groups excluding carboxylic acids is 2. The fourth-order valence-electron chi connectivity index (χ4n) is 5.53. The van der Waals surface area contributed by atoms with E-state index >= 15 is 0 Å². The lowest BCUT2D eigenvalue weighted by atomic mass is 9.97. The third-order valence-corrected chi connectivity index (χ3v) is 8.03. The van der Waals surface area contributed by atoms with Crippen LogP contribution in [0.4, 0.5) is 0 Å². The maximum atomic E-state index is 12.7. The third-order valence-electron chi connectivity index (χ3n) is 8.03. The molecule has 0 N–H and O–H groups in total. The van der Waals surface area contributed by atoms with Gasteiger partial charge in [-0.05, 0) is 52.7 Å². The van der Waals surface area contributed by atoms with Gasteiger partial charge in [0.25, 0.3) is 0 Å². The molecule has 8 nitrogen and oxygen atoms in total. The van der Waals surface area contributed by atoms with Crippen LogP contribution in [-0.4, -0.2) is 63.8 Å². The Hall–Kier alpha value is -3.88. The molecule has 0 heterocycles. The van der Waals surface area contributed by atoms with E-state index in [1.807, 2.05) is 52.0 Å². The minimum Gasteiger partial charge on any atom is -0.488 e. The number of rotatable bonds is 24. The van der Waals surface area contributed by atoms with Gasteiger partial charge in [0.05, 0.1) is 26.4 Å². The molecule has 3 aromatic carbocycles. The highest BCUT2D eigenvalue weighted by Crippen LogP contribution is 2.43. The van der Waals surface area contributed by atoms with Crippen LogP contribution in [0.15, 0.2) is 60.7 Å². The van der Waals surface area contributed by atoms with Crippen LogP contribution in [-0.2, 0) is 28.5 Å². The number of aryl methyl sites for hydroxylation is 2. The molecule has 0 aliphatic carbocycles. The largest absolute Gasteiger partial charge is 0.488 e. The van der Waals surface area contributed by atoms with Gasteiger partial charge in [-0.1, -0.05) is 99.2 Å². The quantitative estimate of drug-likeness (QED) is 0.0398. The highest BCUT2D eigenvalue weighted by atomic mass is 16.6. The van der Waals surface area contributed by atoms with Gasteiger partial charge < -0.3 is 28.4 Å². The van der Waals surface area contributed by atoms with Gasteiger partial charge in [0.15, 0.2) is 12.2 Å². The Bertz CT molecular complexity index is 1460. The third kappa shape index (κ3) is 13.4. The molecule has 0 amide bonds. The van der Waals surface area contributed by atoms with Crippen molar-refractivity contribution in [2.45, 2.75) is 105 Å². The molecule has 0 saturated carbocycles. The molecule has 3 aromatic rings. The molecule has 0 saturated heterocycles. The average molecular weight is 691 g/mol. The lowest BCUT2D eigenvalue weighted by molar-refractivity contribution is -0.154. The lowest BCUT2D eigenvalue weighted by Gasteiger charge is -2.23. The summed E-state index contributed by atoms with van der Waals surface area (Å²) in [6.07, 6.45) is 5.05. The SMILES string of the molecule is C=C(C)COCC(COc1c2ccc(C)cc2c(OCC(COCC(=C)C)OC(=O)CCCCC)c2ccc(C)cc12)OC(=O)CCCCC. The van der Waals surface area contributed by atoms with E-state index in [4.69, 9.17) is 28.4 Å². The van der Waals surface area contributed by atoms with Gasteiger partial charge in [-0.3, -0.25) is 9.59 Å². The summed E-state index contributed by atoms with van der Waals surface area (Å²) < 4.78 is 36.6. The second kappa shape index (κ2) is 21.4. The van der Waals surface area contributed by atoms with Crippen LogP contribution in [0.1, 0.15) is 90.2 Å². The maximum absolute atomic E-state index is 12.7. The summed E-state index contributed by atoms with van der Waals surface area (Å²) in [6.45, 7) is 21.2. The highest BCUT2D eigenvalue weighted by molar-refractivity contribution is 6.11. The van der Waals surface area contributed by atoms with Gasteiger partial charge in [0, 0.05) is 34.4 Å². The van der Waals surface area contributed by atoms with Crippen LogP contribution in [0.2, 0.25) is 0 Å². The minimum atomic E-state index is -0.605. The molecule has 0 fully saturated rings. The average Bonchev–Trinajstić information content (AvgIpc) is 3.05. The van der Waals surface area contributed by atoms with Gasteiger partial charge in [-0.2, -0.15) is 0 Å². The summed E-state index contributed by atoms with van der Waals surface area (Å²) in [7, 11) is 0. The summed E-state index contributed by atoms with van der Waals surface area (Å²) in [5.74, 6) is 0.816. The van der Waals surface area contributed by atoms with Crippen molar-refractivity contribution >= 4 is 33.5 Å². The molecule has 50 heavy (non-hydrogen) atoms. The van der Waals surface area contributed by atoms with E-state index in [-0.39, 0.29) is 38.4 Å². The lowest BCUT2D eigenvalue weighted by Crippen LogP contribution is -2.30. The molecule has 274 valence electrons. The smallest absolute Gasteiger partial charge is 0.306 e. The summed E-state index contributed by atoms with van der Waals surface area (Å²) in [6, 6.07) is 12.3. The number of esters is 2. The second-order valence-corrected chi connectivity index (χ2v) is 13.5. The molecule has 3 rings (SSSR count). The van der Waals surface area contributed by atoms with Crippen molar-refractivity contribution in [2.24, 2.45) is 0 Å². The molecule has 0 radical (unpaired) electrons. The first kappa shape index (κ1) is 40.5. The molecule has 0 bridgehead atoms. The first-order valence-corrected chi connectivity index (χ1v) is 18.1. The number of hydrogen-bond acceptors (Lipinski definition) is 8. The molecular weight excluding hydrogens is 632 g/mol. The van der Waals surface area contributed by atoms with Crippen LogP contribution in [0.3, 0.4) is 0 Å². The number of fused-ring (bicyclic) bond motifs is 2. The molecule has 8 heteroatoms. The summed E-state index contributed by atoms with van der Waals surface area (Å²) in [4.78, 5) is 25.5. The van der Waals surface area contributed by atoms with Crippen molar-refractivity contribution in [3.05, 3.63) is 71.8 Å². The number of carbonyl (C=O) groups is 2. The van der Waals surface area contributed by atoms with E-state index in [0.29, 0.717) is 37.6 Å². The fourth-order valence-corrected chi connectivity index (χ4v) is 5.53. The van der Waals surface area contributed by atoms with Crippen LogP contribution < -0.4 is 9.47 Å². The Labute approximate surface area is 299 Å². The number of hydrogen-bond donors (Lipinski definition) is 0. The van der Waals surface area contributed by atoms with Crippen LogP contribution in [0, 0.1) is 13.8 Å². The Balaban J connectivity index is 1.96. The monoisotopic (exact) mass is 690 g/mol. The van der Waals surface area contributed by atoms with Crippen LogP contribution >= 0.6 is 0 Å².